The minimum absolute atomic E-state index is 0.0795. The Kier molecular flexibility index (Phi) is 6.45. The Morgan fingerprint density at radius 3 is 1.92 bits per heavy atom. The van der Waals surface area contributed by atoms with Crippen LogP contribution in [0, 0.1) is 5.92 Å². The maximum atomic E-state index is 12.8. The van der Waals surface area contributed by atoms with Crippen LogP contribution in [0.15, 0.2) is 42.5 Å². The van der Waals surface area contributed by atoms with Gasteiger partial charge in [0.05, 0.1) is 16.0 Å². The third kappa shape index (κ3) is 5.21. The van der Waals surface area contributed by atoms with Crippen LogP contribution in [-0.2, 0) is 9.59 Å². The van der Waals surface area contributed by atoms with Crippen molar-refractivity contribution in [1.29, 1.82) is 0 Å². The van der Waals surface area contributed by atoms with Crippen LogP contribution < -0.4 is 10.6 Å². The van der Waals surface area contributed by atoms with Gasteiger partial charge in [0, 0.05) is 18.3 Å². The SMILES string of the molecule is CC(=O)Nc1ccc(NC(=O)C(c2ccc(Cl)c(Cl)c2)C(C)C)cc1. The number of benzene rings is 2. The molecule has 2 aromatic carbocycles. The molecule has 1 atom stereocenters. The van der Waals surface area contributed by atoms with E-state index in [-0.39, 0.29) is 23.7 Å². The van der Waals surface area contributed by atoms with Crippen LogP contribution in [0.25, 0.3) is 0 Å². The van der Waals surface area contributed by atoms with Crippen LogP contribution in [0.5, 0.6) is 0 Å². The summed E-state index contributed by atoms with van der Waals surface area (Å²) in [6.07, 6.45) is 0. The summed E-state index contributed by atoms with van der Waals surface area (Å²) >= 11 is 12.1. The molecule has 0 aliphatic rings. The Balaban J connectivity index is 2.17. The summed E-state index contributed by atoms with van der Waals surface area (Å²) in [4.78, 5) is 23.8. The van der Waals surface area contributed by atoms with E-state index >= 15 is 0 Å². The molecule has 0 aromatic heterocycles. The molecule has 2 rings (SSSR count). The first-order valence-corrected chi connectivity index (χ1v) is 8.67. The van der Waals surface area contributed by atoms with Gasteiger partial charge in [-0.25, -0.2) is 0 Å². The molecule has 25 heavy (non-hydrogen) atoms. The van der Waals surface area contributed by atoms with Gasteiger partial charge >= 0.3 is 0 Å². The number of anilines is 2. The topological polar surface area (TPSA) is 58.2 Å². The summed E-state index contributed by atoms with van der Waals surface area (Å²) in [5, 5.41) is 6.48. The molecule has 0 heterocycles. The van der Waals surface area contributed by atoms with Crippen LogP contribution >= 0.6 is 23.2 Å². The number of nitrogens with one attached hydrogen (secondary N) is 2. The molecule has 2 aromatic rings. The van der Waals surface area contributed by atoms with E-state index in [0.717, 1.165) is 5.56 Å². The lowest BCUT2D eigenvalue weighted by Crippen LogP contribution is -2.25. The fourth-order valence-electron chi connectivity index (χ4n) is 2.61. The summed E-state index contributed by atoms with van der Waals surface area (Å²) in [7, 11) is 0. The Bertz CT molecular complexity index is 773. The Morgan fingerprint density at radius 2 is 1.44 bits per heavy atom. The summed E-state index contributed by atoms with van der Waals surface area (Å²) in [5.74, 6) is -0.544. The average Bonchev–Trinajstić information content (AvgIpc) is 2.52. The fraction of sp³-hybridized carbons (Fsp3) is 0.263. The number of hydrogen-bond donors (Lipinski definition) is 2. The average molecular weight is 379 g/mol. The summed E-state index contributed by atoms with van der Waals surface area (Å²) in [6, 6.07) is 12.2. The molecule has 6 heteroatoms. The molecule has 132 valence electrons. The molecule has 0 aliphatic heterocycles. The Morgan fingerprint density at radius 1 is 0.880 bits per heavy atom. The van der Waals surface area contributed by atoms with E-state index in [1.807, 2.05) is 19.9 Å². The van der Waals surface area contributed by atoms with Crippen molar-refractivity contribution >= 4 is 46.4 Å². The molecule has 0 saturated heterocycles. The van der Waals surface area contributed by atoms with Gasteiger partial charge in [-0.3, -0.25) is 9.59 Å². The largest absolute Gasteiger partial charge is 0.326 e. The van der Waals surface area contributed by atoms with Gasteiger partial charge in [0.2, 0.25) is 11.8 Å². The number of carbonyl (C=O) groups is 2. The molecular formula is C19H20Cl2N2O2. The third-order valence-corrected chi connectivity index (χ3v) is 4.46. The number of hydrogen-bond acceptors (Lipinski definition) is 2. The van der Waals surface area contributed by atoms with Gasteiger partial charge in [-0.05, 0) is 47.9 Å². The predicted octanol–water partition coefficient (Wildman–Crippen LogP) is 5.33. The van der Waals surface area contributed by atoms with Crippen molar-refractivity contribution in [3.05, 3.63) is 58.1 Å². The number of rotatable bonds is 5. The Labute approximate surface area is 157 Å². The first-order chi connectivity index (χ1) is 11.8. The molecule has 0 bridgehead atoms. The molecule has 0 saturated carbocycles. The molecule has 2 N–H and O–H groups in total. The molecule has 1 unspecified atom stereocenters. The highest BCUT2D eigenvalue weighted by Crippen LogP contribution is 2.31. The van der Waals surface area contributed by atoms with E-state index in [9.17, 15) is 9.59 Å². The molecule has 4 nitrogen and oxygen atoms in total. The minimum atomic E-state index is -0.357. The summed E-state index contributed by atoms with van der Waals surface area (Å²) < 4.78 is 0. The maximum Gasteiger partial charge on any atom is 0.232 e. The first kappa shape index (κ1) is 19.3. The summed E-state index contributed by atoms with van der Waals surface area (Å²) in [5.41, 5.74) is 2.15. The van der Waals surface area contributed by atoms with Crippen molar-refractivity contribution in [3.8, 4) is 0 Å². The van der Waals surface area contributed by atoms with Gasteiger partial charge in [-0.2, -0.15) is 0 Å². The first-order valence-electron chi connectivity index (χ1n) is 7.91. The van der Waals surface area contributed by atoms with Gasteiger partial charge in [-0.1, -0.05) is 43.1 Å². The minimum Gasteiger partial charge on any atom is -0.326 e. The van der Waals surface area contributed by atoms with Crippen molar-refractivity contribution in [2.24, 2.45) is 5.92 Å². The van der Waals surface area contributed by atoms with E-state index < -0.39 is 0 Å². The van der Waals surface area contributed by atoms with Gasteiger partial charge in [-0.15, -0.1) is 0 Å². The molecular weight excluding hydrogens is 359 g/mol. The highest BCUT2D eigenvalue weighted by atomic mass is 35.5. The van der Waals surface area contributed by atoms with Crippen LogP contribution in [0.3, 0.4) is 0 Å². The lowest BCUT2D eigenvalue weighted by atomic mass is 9.87. The lowest BCUT2D eigenvalue weighted by Gasteiger charge is -2.21. The molecule has 0 spiro atoms. The maximum absolute atomic E-state index is 12.8. The highest BCUT2D eigenvalue weighted by Gasteiger charge is 2.25. The van der Waals surface area contributed by atoms with E-state index in [0.29, 0.717) is 21.4 Å². The quantitative estimate of drug-likeness (QED) is 0.738. The number of amides is 2. The van der Waals surface area contributed by atoms with Crippen molar-refractivity contribution in [3.63, 3.8) is 0 Å². The van der Waals surface area contributed by atoms with E-state index in [1.54, 1.807) is 36.4 Å². The second-order valence-corrected chi connectivity index (χ2v) is 6.96. The van der Waals surface area contributed by atoms with E-state index in [1.165, 1.54) is 6.92 Å². The van der Waals surface area contributed by atoms with Crippen LogP contribution in [0.1, 0.15) is 32.3 Å². The second-order valence-electron chi connectivity index (χ2n) is 6.14. The smallest absolute Gasteiger partial charge is 0.232 e. The highest BCUT2D eigenvalue weighted by molar-refractivity contribution is 6.42. The predicted molar refractivity (Wildman–Crippen MR) is 103 cm³/mol. The molecule has 0 fully saturated rings. The lowest BCUT2D eigenvalue weighted by molar-refractivity contribution is -0.118. The van der Waals surface area contributed by atoms with E-state index in [4.69, 9.17) is 23.2 Å². The van der Waals surface area contributed by atoms with Crippen molar-refractivity contribution in [2.75, 3.05) is 10.6 Å². The van der Waals surface area contributed by atoms with Gasteiger partial charge in [0.1, 0.15) is 0 Å². The normalized spacial score (nSPS) is 11.9. The monoisotopic (exact) mass is 378 g/mol. The van der Waals surface area contributed by atoms with Gasteiger partial charge in [0.25, 0.3) is 0 Å². The van der Waals surface area contributed by atoms with E-state index in [2.05, 4.69) is 10.6 Å². The Hall–Kier alpha value is -2.04. The van der Waals surface area contributed by atoms with Crippen LogP contribution in [0.4, 0.5) is 11.4 Å². The van der Waals surface area contributed by atoms with Crippen molar-refractivity contribution in [1.82, 2.24) is 0 Å². The molecule has 0 radical (unpaired) electrons. The molecule has 0 aliphatic carbocycles. The zero-order valence-electron chi connectivity index (χ0n) is 14.3. The fourth-order valence-corrected chi connectivity index (χ4v) is 2.91. The van der Waals surface area contributed by atoms with Gasteiger partial charge in [0.15, 0.2) is 0 Å². The number of halogens is 2. The van der Waals surface area contributed by atoms with Crippen molar-refractivity contribution in [2.45, 2.75) is 26.7 Å². The van der Waals surface area contributed by atoms with Crippen LogP contribution in [-0.4, -0.2) is 11.8 Å². The zero-order chi connectivity index (χ0) is 18.6. The van der Waals surface area contributed by atoms with Crippen molar-refractivity contribution < 1.29 is 9.59 Å². The standard InChI is InChI=1S/C19H20Cl2N2O2/c1-11(2)18(13-4-9-16(20)17(21)10-13)19(25)23-15-7-5-14(6-8-15)22-12(3)24/h4-11,18H,1-3H3,(H,22,24)(H,23,25). The third-order valence-electron chi connectivity index (χ3n) is 3.72. The van der Waals surface area contributed by atoms with Gasteiger partial charge < -0.3 is 10.6 Å². The number of carbonyl (C=O) groups excluding carboxylic acids is 2. The molecule has 2 amide bonds. The summed E-state index contributed by atoms with van der Waals surface area (Å²) in [6.45, 7) is 5.40. The van der Waals surface area contributed by atoms with Crippen LogP contribution in [0.2, 0.25) is 10.0 Å². The second kappa shape index (κ2) is 8.37. The zero-order valence-corrected chi connectivity index (χ0v) is 15.8.